The number of rotatable bonds is 4. The summed E-state index contributed by atoms with van der Waals surface area (Å²) in [4.78, 5) is 19.0. The summed E-state index contributed by atoms with van der Waals surface area (Å²) < 4.78 is 0. The van der Waals surface area contributed by atoms with E-state index in [1.807, 2.05) is 11.0 Å². The number of carbonyl (C=O) groups excluding carboxylic acids is 1. The van der Waals surface area contributed by atoms with E-state index in [1.165, 1.54) is 11.3 Å². The highest BCUT2D eigenvalue weighted by atomic mass is 35.5. The van der Waals surface area contributed by atoms with Gasteiger partial charge in [0.2, 0.25) is 5.91 Å². The van der Waals surface area contributed by atoms with Gasteiger partial charge < -0.3 is 15.1 Å². The maximum absolute atomic E-state index is 12.3. The number of piperazine rings is 2. The summed E-state index contributed by atoms with van der Waals surface area (Å²) in [5.74, 6) is 0.296. The Labute approximate surface area is 149 Å². The average Bonchev–Trinajstić information content (AvgIpc) is 2.63. The number of hydrogen-bond acceptors (Lipinski definition) is 4. The molecule has 2 aliphatic rings. The van der Waals surface area contributed by atoms with E-state index in [2.05, 4.69) is 34.2 Å². The maximum atomic E-state index is 12.3. The van der Waals surface area contributed by atoms with Gasteiger partial charge in [-0.05, 0) is 24.6 Å². The standard InChI is InChI=1S/C18H27ClN4O/c1-15-2-3-16(19)14-17(15)22-12-10-21(11-13-22)7-4-18(24)23-8-5-20-6-9-23/h2-3,14,20H,4-13H2,1H3. The fourth-order valence-corrected chi connectivity index (χ4v) is 3.63. The van der Waals surface area contributed by atoms with Crippen LogP contribution < -0.4 is 10.2 Å². The third-order valence-electron chi connectivity index (χ3n) is 5.00. The van der Waals surface area contributed by atoms with E-state index in [4.69, 9.17) is 11.6 Å². The van der Waals surface area contributed by atoms with Gasteiger partial charge in [-0.1, -0.05) is 17.7 Å². The molecule has 2 aliphatic heterocycles. The zero-order valence-electron chi connectivity index (χ0n) is 14.4. The van der Waals surface area contributed by atoms with Crippen molar-refractivity contribution in [3.63, 3.8) is 0 Å². The molecule has 0 aliphatic carbocycles. The molecule has 1 amide bonds. The van der Waals surface area contributed by atoms with Gasteiger partial charge >= 0.3 is 0 Å². The van der Waals surface area contributed by atoms with Gasteiger partial charge in [0.15, 0.2) is 0 Å². The Balaban J connectivity index is 1.45. The molecular formula is C18H27ClN4O. The molecule has 2 fully saturated rings. The van der Waals surface area contributed by atoms with Crippen LogP contribution >= 0.6 is 11.6 Å². The molecule has 0 saturated carbocycles. The van der Waals surface area contributed by atoms with Gasteiger partial charge in [-0.3, -0.25) is 9.69 Å². The van der Waals surface area contributed by atoms with E-state index in [1.54, 1.807) is 0 Å². The molecule has 0 radical (unpaired) electrons. The van der Waals surface area contributed by atoms with Gasteiger partial charge in [-0.15, -0.1) is 0 Å². The lowest BCUT2D eigenvalue weighted by Gasteiger charge is -2.37. The smallest absolute Gasteiger partial charge is 0.223 e. The zero-order chi connectivity index (χ0) is 16.9. The van der Waals surface area contributed by atoms with Crippen LogP contribution in [0.1, 0.15) is 12.0 Å². The second kappa shape index (κ2) is 8.19. The topological polar surface area (TPSA) is 38.8 Å². The molecule has 0 aromatic heterocycles. The number of nitrogens with zero attached hydrogens (tertiary/aromatic N) is 3. The fraction of sp³-hybridized carbons (Fsp3) is 0.611. The number of anilines is 1. The first kappa shape index (κ1) is 17.5. The molecule has 5 nitrogen and oxygen atoms in total. The minimum absolute atomic E-state index is 0.296. The quantitative estimate of drug-likeness (QED) is 0.895. The SMILES string of the molecule is Cc1ccc(Cl)cc1N1CCN(CCC(=O)N2CCNCC2)CC1. The number of nitrogens with one attached hydrogen (secondary N) is 1. The average molecular weight is 351 g/mol. The molecule has 2 heterocycles. The third-order valence-corrected chi connectivity index (χ3v) is 5.23. The highest BCUT2D eigenvalue weighted by Crippen LogP contribution is 2.25. The predicted molar refractivity (Wildman–Crippen MR) is 98.9 cm³/mol. The number of hydrogen-bond donors (Lipinski definition) is 1. The Bertz CT molecular complexity index is 566. The van der Waals surface area contributed by atoms with Crippen LogP contribution in [0.5, 0.6) is 0 Å². The Kier molecular flexibility index (Phi) is 5.98. The molecule has 1 N–H and O–H groups in total. The Morgan fingerprint density at radius 3 is 2.54 bits per heavy atom. The number of carbonyl (C=O) groups is 1. The largest absolute Gasteiger partial charge is 0.369 e. The monoisotopic (exact) mass is 350 g/mol. The van der Waals surface area contributed by atoms with Gasteiger partial charge in [0.25, 0.3) is 0 Å². The summed E-state index contributed by atoms with van der Waals surface area (Å²) in [5.41, 5.74) is 2.50. The minimum Gasteiger partial charge on any atom is -0.369 e. The highest BCUT2D eigenvalue weighted by molar-refractivity contribution is 6.30. The number of halogens is 1. The molecule has 3 rings (SSSR count). The molecule has 0 atom stereocenters. The van der Waals surface area contributed by atoms with Crippen molar-refractivity contribution in [3.05, 3.63) is 28.8 Å². The third kappa shape index (κ3) is 4.41. The fourth-order valence-electron chi connectivity index (χ4n) is 3.46. The first-order chi connectivity index (χ1) is 11.6. The van der Waals surface area contributed by atoms with Crippen LogP contribution in [0.15, 0.2) is 18.2 Å². The molecule has 132 valence electrons. The van der Waals surface area contributed by atoms with Crippen LogP contribution in [0.4, 0.5) is 5.69 Å². The predicted octanol–water partition coefficient (Wildman–Crippen LogP) is 1.59. The van der Waals surface area contributed by atoms with E-state index in [9.17, 15) is 4.79 Å². The van der Waals surface area contributed by atoms with Crippen LogP contribution in [0.3, 0.4) is 0 Å². The van der Waals surface area contributed by atoms with Crippen molar-refractivity contribution in [1.29, 1.82) is 0 Å². The van der Waals surface area contributed by atoms with Gasteiger partial charge in [0.1, 0.15) is 0 Å². The van der Waals surface area contributed by atoms with Crippen LogP contribution in [-0.2, 0) is 4.79 Å². The van der Waals surface area contributed by atoms with Crippen molar-refractivity contribution in [2.75, 3.05) is 63.8 Å². The van der Waals surface area contributed by atoms with Gasteiger partial charge in [0, 0.05) is 76.0 Å². The van der Waals surface area contributed by atoms with E-state index < -0.39 is 0 Å². The van der Waals surface area contributed by atoms with E-state index in [-0.39, 0.29) is 0 Å². The Morgan fingerprint density at radius 1 is 1.12 bits per heavy atom. The second-order valence-electron chi connectivity index (χ2n) is 6.64. The Hall–Kier alpha value is -1.30. The Morgan fingerprint density at radius 2 is 1.83 bits per heavy atom. The molecule has 1 aromatic carbocycles. The van der Waals surface area contributed by atoms with Crippen molar-refractivity contribution in [2.24, 2.45) is 0 Å². The van der Waals surface area contributed by atoms with Gasteiger partial charge in [0.05, 0.1) is 0 Å². The summed E-state index contributed by atoms with van der Waals surface area (Å²) in [6, 6.07) is 6.08. The normalized spacial score (nSPS) is 19.6. The summed E-state index contributed by atoms with van der Waals surface area (Å²) in [5, 5.41) is 4.08. The molecule has 0 unspecified atom stereocenters. The van der Waals surface area contributed by atoms with Gasteiger partial charge in [-0.25, -0.2) is 0 Å². The molecule has 24 heavy (non-hydrogen) atoms. The van der Waals surface area contributed by atoms with Gasteiger partial charge in [-0.2, -0.15) is 0 Å². The highest BCUT2D eigenvalue weighted by Gasteiger charge is 2.21. The van der Waals surface area contributed by atoms with Crippen molar-refractivity contribution < 1.29 is 4.79 Å². The molecule has 0 bridgehead atoms. The lowest BCUT2D eigenvalue weighted by atomic mass is 10.1. The summed E-state index contributed by atoms with van der Waals surface area (Å²) in [6.07, 6.45) is 0.635. The van der Waals surface area contributed by atoms with Crippen LogP contribution in [0.25, 0.3) is 0 Å². The number of amides is 1. The molecule has 1 aromatic rings. The van der Waals surface area contributed by atoms with Crippen LogP contribution in [0, 0.1) is 6.92 Å². The van der Waals surface area contributed by atoms with Crippen molar-refractivity contribution in [1.82, 2.24) is 15.1 Å². The molecular weight excluding hydrogens is 324 g/mol. The maximum Gasteiger partial charge on any atom is 0.223 e. The first-order valence-corrected chi connectivity index (χ1v) is 9.23. The lowest BCUT2D eigenvalue weighted by molar-refractivity contribution is -0.132. The summed E-state index contributed by atoms with van der Waals surface area (Å²) in [6.45, 7) is 10.5. The van der Waals surface area contributed by atoms with Crippen LogP contribution in [-0.4, -0.2) is 74.6 Å². The molecule has 6 heteroatoms. The zero-order valence-corrected chi connectivity index (χ0v) is 15.2. The van der Waals surface area contributed by atoms with Crippen molar-refractivity contribution in [2.45, 2.75) is 13.3 Å². The summed E-state index contributed by atoms with van der Waals surface area (Å²) >= 11 is 6.14. The van der Waals surface area contributed by atoms with Crippen LogP contribution in [0.2, 0.25) is 5.02 Å². The minimum atomic E-state index is 0.296. The number of aryl methyl sites for hydroxylation is 1. The van der Waals surface area contributed by atoms with E-state index in [0.717, 1.165) is 63.9 Å². The van der Waals surface area contributed by atoms with E-state index >= 15 is 0 Å². The summed E-state index contributed by atoms with van der Waals surface area (Å²) in [7, 11) is 0. The first-order valence-electron chi connectivity index (χ1n) is 8.85. The number of benzene rings is 1. The second-order valence-corrected chi connectivity index (χ2v) is 7.08. The van der Waals surface area contributed by atoms with E-state index in [0.29, 0.717) is 12.3 Å². The molecule has 2 saturated heterocycles. The van der Waals surface area contributed by atoms with Crippen molar-refractivity contribution in [3.8, 4) is 0 Å². The molecule has 0 spiro atoms. The lowest BCUT2D eigenvalue weighted by Crippen LogP contribution is -2.49. The van der Waals surface area contributed by atoms with Crippen molar-refractivity contribution >= 4 is 23.2 Å².